The van der Waals surface area contributed by atoms with Crippen LogP contribution in [-0.2, 0) is 10.0 Å². The molecular formula is C14H20BrNO4S. The molecule has 1 aromatic rings. The maximum absolute atomic E-state index is 12.6. The molecule has 0 fully saturated rings. The lowest BCUT2D eigenvalue weighted by atomic mass is 10.1. The van der Waals surface area contributed by atoms with Crippen LogP contribution in [-0.4, -0.2) is 36.9 Å². The topological polar surface area (TPSA) is 74.7 Å². The van der Waals surface area contributed by atoms with E-state index in [2.05, 4.69) is 15.9 Å². The number of hydrogen-bond acceptors (Lipinski definition) is 3. The average molecular weight is 378 g/mol. The second kappa shape index (κ2) is 6.89. The van der Waals surface area contributed by atoms with Crippen LogP contribution in [0, 0.1) is 6.92 Å². The van der Waals surface area contributed by atoms with Crippen LogP contribution in [0.25, 0.3) is 0 Å². The van der Waals surface area contributed by atoms with E-state index in [-0.39, 0.29) is 16.5 Å². The lowest BCUT2D eigenvalue weighted by Crippen LogP contribution is -2.35. The molecule has 0 bridgehead atoms. The van der Waals surface area contributed by atoms with E-state index in [1.54, 1.807) is 6.92 Å². The van der Waals surface area contributed by atoms with Gasteiger partial charge >= 0.3 is 5.97 Å². The van der Waals surface area contributed by atoms with E-state index in [1.807, 2.05) is 13.8 Å². The summed E-state index contributed by atoms with van der Waals surface area (Å²) in [5.74, 6) is -1.14. The van der Waals surface area contributed by atoms with Crippen molar-refractivity contribution in [2.75, 3.05) is 7.05 Å². The summed E-state index contributed by atoms with van der Waals surface area (Å²) < 4.78 is 27.0. The van der Waals surface area contributed by atoms with Gasteiger partial charge in [0, 0.05) is 17.6 Å². The summed E-state index contributed by atoms with van der Waals surface area (Å²) in [6, 6.07) is 2.52. The largest absolute Gasteiger partial charge is 0.478 e. The van der Waals surface area contributed by atoms with E-state index in [0.29, 0.717) is 10.0 Å². The highest BCUT2D eigenvalue weighted by Gasteiger charge is 2.27. The summed E-state index contributed by atoms with van der Waals surface area (Å²) in [7, 11) is -2.20. The highest BCUT2D eigenvalue weighted by atomic mass is 79.9. The van der Waals surface area contributed by atoms with Crippen molar-refractivity contribution in [2.45, 2.75) is 44.6 Å². The minimum atomic E-state index is -3.72. The molecule has 0 radical (unpaired) electrons. The Kier molecular flexibility index (Phi) is 5.95. The zero-order valence-corrected chi connectivity index (χ0v) is 15.0. The van der Waals surface area contributed by atoms with Gasteiger partial charge in [0.15, 0.2) is 0 Å². The summed E-state index contributed by atoms with van der Waals surface area (Å²) in [6.45, 7) is 5.46. The smallest absolute Gasteiger partial charge is 0.336 e. The van der Waals surface area contributed by atoms with Crippen LogP contribution in [0.1, 0.15) is 42.6 Å². The first kappa shape index (κ1) is 18.1. The molecule has 1 unspecified atom stereocenters. The molecule has 0 aliphatic rings. The second-order valence-corrected chi connectivity index (χ2v) is 7.89. The van der Waals surface area contributed by atoms with Crippen molar-refractivity contribution >= 4 is 31.9 Å². The molecule has 118 valence electrons. The Morgan fingerprint density at radius 3 is 2.48 bits per heavy atom. The molecule has 1 atom stereocenters. The fourth-order valence-electron chi connectivity index (χ4n) is 2.03. The molecule has 0 aromatic heterocycles. The first-order valence-electron chi connectivity index (χ1n) is 6.64. The number of rotatable bonds is 6. The molecular weight excluding hydrogens is 358 g/mol. The number of nitrogens with zero attached hydrogens (tertiary/aromatic N) is 1. The van der Waals surface area contributed by atoms with Crippen molar-refractivity contribution in [1.82, 2.24) is 4.31 Å². The summed E-state index contributed by atoms with van der Waals surface area (Å²) in [5.41, 5.74) is 0.491. The summed E-state index contributed by atoms with van der Waals surface area (Å²) in [5, 5.41) is 9.18. The van der Waals surface area contributed by atoms with Gasteiger partial charge in [-0.2, -0.15) is 4.31 Å². The monoisotopic (exact) mass is 377 g/mol. The Balaban J connectivity index is 3.36. The molecule has 0 saturated heterocycles. The van der Waals surface area contributed by atoms with Crippen LogP contribution in [0.2, 0.25) is 0 Å². The molecule has 1 aromatic carbocycles. The van der Waals surface area contributed by atoms with Gasteiger partial charge in [0.25, 0.3) is 0 Å². The van der Waals surface area contributed by atoms with Gasteiger partial charge in [0.05, 0.1) is 10.5 Å². The molecule has 0 aliphatic heterocycles. The zero-order valence-electron chi connectivity index (χ0n) is 12.6. The quantitative estimate of drug-likeness (QED) is 0.825. The fraction of sp³-hybridized carbons (Fsp3) is 0.500. The lowest BCUT2D eigenvalue weighted by molar-refractivity contribution is 0.0695. The normalized spacial score (nSPS) is 13.4. The Morgan fingerprint density at radius 1 is 1.43 bits per heavy atom. The third-order valence-corrected chi connectivity index (χ3v) is 6.33. The second-order valence-electron chi connectivity index (χ2n) is 5.04. The number of benzene rings is 1. The van der Waals surface area contributed by atoms with Crippen LogP contribution in [0.4, 0.5) is 0 Å². The van der Waals surface area contributed by atoms with Crippen molar-refractivity contribution in [2.24, 2.45) is 0 Å². The van der Waals surface area contributed by atoms with Gasteiger partial charge in [-0.3, -0.25) is 0 Å². The van der Waals surface area contributed by atoms with Crippen LogP contribution in [0.5, 0.6) is 0 Å². The summed E-state index contributed by atoms with van der Waals surface area (Å²) >= 11 is 3.23. The standard InChI is InChI=1S/C14H20BrNO4S/c1-5-6-9(2)16(4)21(19,20)11-7-12(14(17)18)10(3)13(15)8-11/h7-9H,5-6H2,1-4H3,(H,17,18). The van der Waals surface area contributed by atoms with Crippen molar-refractivity contribution < 1.29 is 18.3 Å². The number of carbonyl (C=O) groups is 1. The maximum atomic E-state index is 12.6. The molecule has 0 heterocycles. The van der Waals surface area contributed by atoms with E-state index in [0.717, 1.165) is 12.8 Å². The fourth-order valence-corrected chi connectivity index (χ4v) is 4.08. The average Bonchev–Trinajstić information content (AvgIpc) is 2.40. The molecule has 0 amide bonds. The number of carboxylic acids is 1. The SMILES string of the molecule is CCCC(C)N(C)S(=O)(=O)c1cc(Br)c(C)c(C(=O)O)c1. The van der Waals surface area contributed by atoms with Crippen LogP contribution < -0.4 is 0 Å². The van der Waals surface area contributed by atoms with Crippen molar-refractivity contribution in [3.05, 3.63) is 27.7 Å². The minimum absolute atomic E-state index is 0.0113. The Bertz CT molecular complexity index is 643. The minimum Gasteiger partial charge on any atom is -0.478 e. The van der Waals surface area contributed by atoms with Crippen molar-refractivity contribution in [3.63, 3.8) is 0 Å². The molecule has 0 spiro atoms. The number of sulfonamides is 1. The Hall–Kier alpha value is -0.920. The summed E-state index contributed by atoms with van der Waals surface area (Å²) in [4.78, 5) is 11.2. The highest BCUT2D eigenvalue weighted by Crippen LogP contribution is 2.27. The zero-order chi connectivity index (χ0) is 16.4. The third kappa shape index (κ3) is 3.84. The maximum Gasteiger partial charge on any atom is 0.336 e. The van der Waals surface area contributed by atoms with Crippen LogP contribution in [0.15, 0.2) is 21.5 Å². The van der Waals surface area contributed by atoms with Gasteiger partial charge in [-0.25, -0.2) is 13.2 Å². The van der Waals surface area contributed by atoms with E-state index in [4.69, 9.17) is 0 Å². The van der Waals surface area contributed by atoms with Crippen LogP contribution >= 0.6 is 15.9 Å². The Morgan fingerprint density at radius 2 is 2.00 bits per heavy atom. The van der Waals surface area contributed by atoms with Gasteiger partial charge in [0.2, 0.25) is 10.0 Å². The number of aromatic carboxylic acids is 1. The molecule has 5 nitrogen and oxygen atoms in total. The predicted molar refractivity (Wildman–Crippen MR) is 85.2 cm³/mol. The molecule has 21 heavy (non-hydrogen) atoms. The third-order valence-electron chi connectivity index (χ3n) is 3.55. The van der Waals surface area contributed by atoms with E-state index >= 15 is 0 Å². The predicted octanol–water partition coefficient (Wildman–Crippen LogP) is 3.26. The lowest BCUT2D eigenvalue weighted by Gasteiger charge is -2.24. The van der Waals surface area contributed by atoms with Crippen molar-refractivity contribution in [3.8, 4) is 0 Å². The first-order chi connectivity index (χ1) is 9.62. The van der Waals surface area contributed by atoms with E-state index in [9.17, 15) is 18.3 Å². The number of hydrogen-bond donors (Lipinski definition) is 1. The van der Waals surface area contributed by atoms with Gasteiger partial charge < -0.3 is 5.11 Å². The van der Waals surface area contributed by atoms with E-state index < -0.39 is 16.0 Å². The van der Waals surface area contributed by atoms with Gasteiger partial charge in [-0.05, 0) is 38.0 Å². The highest BCUT2D eigenvalue weighted by molar-refractivity contribution is 9.10. The Labute approximate surface area is 134 Å². The van der Waals surface area contributed by atoms with Gasteiger partial charge in [0.1, 0.15) is 0 Å². The first-order valence-corrected chi connectivity index (χ1v) is 8.87. The molecule has 1 rings (SSSR count). The van der Waals surface area contributed by atoms with Gasteiger partial charge in [-0.1, -0.05) is 29.3 Å². The molecule has 1 N–H and O–H groups in total. The molecule has 0 aliphatic carbocycles. The van der Waals surface area contributed by atoms with Crippen LogP contribution in [0.3, 0.4) is 0 Å². The summed E-state index contributed by atoms with van der Waals surface area (Å²) in [6.07, 6.45) is 1.62. The van der Waals surface area contributed by atoms with Gasteiger partial charge in [-0.15, -0.1) is 0 Å². The molecule has 7 heteroatoms. The number of carboxylic acid groups (broad SMARTS) is 1. The van der Waals surface area contributed by atoms with Crippen molar-refractivity contribution in [1.29, 1.82) is 0 Å². The number of halogens is 1. The molecule has 0 saturated carbocycles. The van der Waals surface area contributed by atoms with E-state index in [1.165, 1.54) is 23.5 Å².